The van der Waals surface area contributed by atoms with Crippen LogP contribution in [0.5, 0.6) is 0 Å². The predicted molar refractivity (Wildman–Crippen MR) is 82.3 cm³/mol. The molecule has 0 radical (unpaired) electrons. The Kier molecular flexibility index (Phi) is 4.99. The summed E-state index contributed by atoms with van der Waals surface area (Å²) in [4.78, 5) is 21.5. The van der Waals surface area contributed by atoms with Crippen LogP contribution in [0, 0.1) is 20.2 Å². The Morgan fingerprint density at radius 1 is 1.10 bits per heavy atom. The summed E-state index contributed by atoms with van der Waals surface area (Å²) in [6, 6.07) is 7.54. The van der Waals surface area contributed by atoms with Crippen molar-refractivity contribution < 1.29 is 9.85 Å². The maximum Gasteiger partial charge on any atom is 0.280 e. The fraction of sp³-hybridized carbons (Fsp3) is 0.167. The molecule has 1 heterocycles. The molecule has 2 rings (SSSR count). The second kappa shape index (κ2) is 6.74. The standard InChI is InChI=1S/C12H10BrN3O4S/c13-12-4-3-10(21-12)7-14-6-8-1-2-9(15(17)18)5-11(8)16(19)20/h1-5,14H,6-7H2. The highest BCUT2D eigenvalue weighted by molar-refractivity contribution is 9.11. The van der Waals surface area contributed by atoms with E-state index >= 15 is 0 Å². The molecule has 0 spiro atoms. The third kappa shape index (κ3) is 4.06. The normalized spacial score (nSPS) is 10.5. The molecule has 0 aliphatic heterocycles. The average Bonchev–Trinajstić information content (AvgIpc) is 2.84. The van der Waals surface area contributed by atoms with Crippen molar-refractivity contribution in [2.75, 3.05) is 0 Å². The van der Waals surface area contributed by atoms with E-state index in [0.717, 1.165) is 14.7 Å². The van der Waals surface area contributed by atoms with Crippen LogP contribution < -0.4 is 5.32 Å². The van der Waals surface area contributed by atoms with Gasteiger partial charge in [-0.1, -0.05) is 0 Å². The molecule has 9 heteroatoms. The highest BCUT2D eigenvalue weighted by Crippen LogP contribution is 2.25. The second-order valence-electron chi connectivity index (χ2n) is 4.14. The van der Waals surface area contributed by atoms with E-state index in [1.807, 2.05) is 12.1 Å². The summed E-state index contributed by atoms with van der Waals surface area (Å²) in [5.74, 6) is 0. The van der Waals surface area contributed by atoms with Crippen molar-refractivity contribution in [3.8, 4) is 0 Å². The number of non-ortho nitro benzene ring substituents is 1. The molecule has 1 aromatic carbocycles. The lowest BCUT2D eigenvalue weighted by atomic mass is 10.1. The Hall–Kier alpha value is -1.84. The van der Waals surface area contributed by atoms with Gasteiger partial charge in [-0.05, 0) is 34.1 Å². The largest absolute Gasteiger partial charge is 0.308 e. The maximum atomic E-state index is 11.0. The molecule has 110 valence electrons. The number of benzene rings is 1. The van der Waals surface area contributed by atoms with Gasteiger partial charge in [-0.3, -0.25) is 20.2 Å². The van der Waals surface area contributed by atoms with E-state index < -0.39 is 9.85 Å². The summed E-state index contributed by atoms with van der Waals surface area (Å²) in [6.45, 7) is 0.842. The molecule has 21 heavy (non-hydrogen) atoms. The molecule has 0 atom stereocenters. The Morgan fingerprint density at radius 3 is 2.43 bits per heavy atom. The molecule has 0 saturated heterocycles. The molecule has 0 amide bonds. The number of nitro benzene ring substituents is 2. The van der Waals surface area contributed by atoms with Gasteiger partial charge in [-0.15, -0.1) is 11.3 Å². The minimum atomic E-state index is -0.645. The third-order valence-corrected chi connectivity index (χ3v) is 4.34. The van der Waals surface area contributed by atoms with Gasteiger partial charge >= 0.3 is 0 Å². The van der Waals surface area contributed by atoms with Crippen molar-refractivity contribution in [2.24, 2.45) is 0 Å². The molecule has 0 aliphatic rings. The second-order valence-corrected chi connectivity index (χ2v) is 6.68. The molecule has 1 aromatic heterocycles. The molecule has 2 aromatic rings. The first-order chi connectivity index (χ1) is 9.97. The van der Waals surface area contributed by atoms with Gasteiger partial charge in [0.05, 0.1) is 19.7 Å². The lowest BCUT2D eigenvalue weighted by Gasteiger charge is -2.04. The molecular weight excluding hydrogens is 362 g/mol. The molecular formula is C12H10BrN3O4S. The minimum Gasteiger partial charge on any atom is -0.308 e. The first-order valence-corrected chi connectivity index (χ1v) is 7.45. The molecule has 0 fully saturated rings. The van der Waals surface area contributed by atoms with Gasteiger partial charge in [0, 0.05) is 29.6 Å². The summed E-state index contributed by atoms with van der Waals surface area (Å²) in [6.07, 6.45) is 0. The number of thiophene rings is 1. The van der Waals surface area contributed by atoms with Gasteiger partial charge in [0.25, 0.3) is 11.4 Å². The number of nitro groups is 2. The van der Waals surface area contributed by atoms with Crippen LogP contribution in [0.4, 0.5) is 11.4 Å². The first-order valence-electron chi connectivity index (χ1n) is 5.84. The van der Waals surface area contributed by atoms with Crippen LogP contribution in [0.25, 0.3) is 0 Å². The van der Waals surface area contributed by atoms with Crippen molar-refractivity contribution in [3.63, 3.8) is 0 Å². The Bertz CT molecular complexity index is 689. The van der Waals surface area contributed by atoms with E-state index in [2.05, 4.69) is 21.2 Å². The Labute approximate surface area is 132 Å². The zero-order valence-corrected chi connectivity index (χ0v) is 13.0. The molecule has 7 nitrogen and oxygen atoms in total. The van der Waals surface area contributed by atoms with Crippen LogP contribution in [0.1, 0.15) is 10.4 Å². The van der Waals surface area contributed by atoms with Crippen LogP contribution in [-0.2, 0) is 13.1 Å². The monoisotopic (exact) mass is 371 g/mol. The number of halogens is 1. The lowest BCUT2D eigenvalue weighted by molar-refractivity contribution is -0.394. The van der Waals surface area contributed by atoms with Crippen molar-refractivity contribution in [1.29, 1.82) is 0 Å². The van der Waals surface area contributed by atoms with Crippen LogP contribution in [0.15, 0.2) is 34.1 Å². The van der Waals surface area contributed by atoms with Crippen LogP contribution >= 0.6 is 27.3 Å². The smallest absolute Gasteiger partial charge is 0.280 e. The summed E-state index contributed by atoms with van der Waals surface area (Å²) in [5.41, 5.74) is -0.113. The van der Waals surface area contributed by atoms with Gasteiger partial charge < -0.3 is 5.32 Å². The Balaban J connectivity index is 2.08. The van der Waals surface area contributed by atoms with Crippen LogP contribution in [-0.4, -0.2) is 9.85 Å². The molecule has 1 N–H and O–H groups in total. The highest BCUT2D eigenvalue weighted by atomic mass is 79.9. The molecule has 0 aliphatic carbocycles. The van der Waals surface area contributed by atoms with Crippen LogP contribution in [0.2, 0.25) is 0 Å². The van der Waals surface area contributed by atoms with Gasteiger partial charge in [0.2, 0.25) is 0 Å². The minimum absolute atomic E-state index is 0.246. The number of nitrogens with one attached hydrogen (secondary N) is 1. The maximum absolute atomic E-state index is 11.0. The average molecular weight is 372 g/mol. The van der Waals surface area contributed by atoms with Gasteiger partial charge in [0.15, 0.2) is 0 Å². The van der Waals surface area contributed by atoms with E-state index in [1.165, 1.54) is 12.1 Å². The van der Waals surface area contributed by atoms with Crippen molar-refractivity contribution in [2.45, 2.75) is 13.1 Å². The lowest BCUT2D eigenvalue weighted by Crippen LogP contribution is -2.13. The Morgan fingerprint density at radius 2 is 1.86 bits per heavy atom. The van der Waals surface area contributed by atoms with E-state index in [-0.39, 0.29) is 17.9 Å². The first kappa shape index (κ1) is 15.5. The van der Waals surface area contributed by atoms with Gasteiger partial charge in [-0.2, -0.15) is 0 Å². The van der Waals surface area contributed by atoms with Crippen molar-refractivity contribution in [3.05, 3.63) is 64.8 Å². The fourth-order valence-electron chi connectivity index (χ4n) is 1.75. The quantitative estimate of drug-likeness (QED) is 0.617. The number of hydrogen-bond acceptors (Lipinski definition) is 6. The molecule has 0 unspecified atom stereocenters. The number of hydrogen-bond donors (Lipinski definition) is 1. The summed E-state index contributed by atoms with van der Waals surface area (Å²) < 4.78 is 1.01. The van der Waals surface area contributed by atoms with Gasteiger partial charge in [0.1, 0.15) is 0 Å². The van der Waals surface area contributed by atoms with E-state index in [1.54, 1.807) is 11.3 Å². The zero-order valence-electron chi connectivity index (χ0n) is 10.6. The number of nitrogens with zero attached hydrogens (tertiary/aromatic N) is 2. The summed E-state index contributed by atoms with van der Waals surface area (Å²) in [5, 5.41) is 24.7. The molecule has 0 saturated carbocycles. The van der Waals surface area contributed by atoms with Crippen molar-refractivity contribution in [1.82, 2.24) is 5.32 Å². The predicted octanol–water partition coefficient (Wildman–Crippen LogP) is 3.62. The fourth-order valence-corrected chi connectivity index (χ4v) is 3.21. The number of rotatable bonds is 6. The van der Waals surface area contributed by atoms with Crippen LogP contribution in [0.3, 0.4) is 0 Å². The molecule has 0 bridgehead atoms. The van der Waals surface area contributed by atoms with E-state index in [9.17, 15) is 20.2 Å². The highest BCUT2D eigenvalue weighted by Gasteiger charge is 2.18. The zero-order chi connectivity index (χ0) is 15.4. The van der Waals surface area contributed by atoms with E-state index in [0.29, 0.717) is 12.1 Å². The topological polar surface area (TPSA) is 98.3 Å². The summed E-state index contributed by atoms with van der Waals surface area (Å²) >= 11 is 4.93. The van der Waals surface area contributed by atoms with Gasteiger partial charge in [-0.25, -0.2) is 0 Å². The summed E-state index contributed by atoms with van der Waals surface area (Å²) in [7, 11) is 0. The van der Waals surface area contributed by atoms with E-state index in [4.69, 9.17) is 0 Å². The third-order valence-electron chi connectivity index (χ3n) is 2.72. The van der Waals surface area contributed by atoms with Crippen molar-refractivity contribution >= 4 is 38.6 Å². The SMILES string of the molecule is O=[N+]([O-])c1ccc(CNCc2ccc(Br)s2)c([N+](=O)[O-])c1.